The van der Waals surface area contributed by atoms with E-state index >= 15 is 0 Å². The predicted molar refractivity (Wildman–Crippen MR) is 154 cm³/mol. The highest BCUT2D eigenvalue weighted by atomic mass is 16.6. The number of amides is 3. The Morgan fingerprint density at radius 1 is 1.31 bits per heavy atom. The number of hydrogen-bond donors (Lipinski definition) is 4. The van der Waals surface area contributed by atoms with Crippen LogP contribution in [-0.2, 0) is 26.2 Å². The fraction of sp³-hybridized carbons (Fsp3) is 0.621. The zero-order valence-corrected chi connectivity index (χ0v) is 24.5. The Balaban J connectivity index is 1.22. The number of nitrogens with one attached hydrogen (secondary N) is 2. The van der Waals surface area contributed by atoms with Gasteiger partial charge in [-0.05, 0) is 63.2 Å². The lowest BCUT2D eigenvalue weighted by Gasteiger charge is -2.57. The second-order valence-corrected chi connectivity index (χ2v) is 11.9. The lowest BCUT2D eigenvalue weighted by Crippen LogP contribution is -2.65. The van der Waals surface area contributed by atoms with Gasteiger partial charge in [0.05, 0.1) is 0 Å². The largest absolute Gasteiger partial charge is 0.477 e. The molecule has 0 radical (unpaired) electrons. The minimum atomic E-state index is -0.751. The number of ketones is 1. The molecule has 1 spiro atoms. The molecule has 2 aliphatic carbocycles. The van der Waals surface area contributed by atoms with E-state index in [4.69, 9.17) is 20.9 Å². The molecular formula is C29H41N7O6. The number of guanidine groups is 1. The van der Waals surface area contributed by atoms with Gasteiger partial charge >= 0.3 is 6.09 Å². The molecule has 42 heavy (non-hydrogen) atoms. The summed E-state index contributed by atoms with van der Waals surface area (Å²) in [4.78, 5) is 58.1. The van der Waals surface area contributed by atoms with Crippen molar-refractivity contribution < 1.29 is 28.7 Å². The zero-order valence-electron chi connectivity index (χ0n) is 24.5. The first-order valence-corrected chi connectivity index (χ1v) is 14.6. The van der Waals surface area contributed by atoms with Crippen LogP contribution in [0.3, 0.4) is 0 Å². The van der Waals surface area contributed by atoms with Gasteiger partial charge in [0.25, 0.3) is 0 Å². The predicted octanol–water partition coefficient (Wildman–Crippen LogP) is 0.0298. The summed E-state index contributed by atoms with van der Waals surface area (Å²) in [5.41, 5.74) is 12.5. The van der Waals surface area contributed by atoms with Crippen LogP contribution in [-0.4, -0.2) is 97.9 Å². The molecule has 1 aromatic carbocycles. The summed E-state index contributed by atoms with van der Waals surface area (Å²) in [6.45, 7) is 2.89. The van der Waals surface area contributed by atoms with E-state index in [2.05, 4.69) is 27.6 Å². The van der Waals surface area contributed by atoms with Gasteiger partial charge in [0.2, 0.25) is 11.8 Å². The molecule has 1 saturated heterocycles. The van der Waals surface area contributed by atoms with E-state index in [1.807, 2.05) is 6.07 Å². The van der Waals surface area contributed by atoms with E-state index in [1.165, 1.54) is 11.8 Å². The molecule has 13 nitrogen and oxygen atoms in total. The van der Waals surface area contributed by atoms with Crippen LogP contribution >= 0.6 is 0 Å². The van der Waals surface area contributed by atoms with Crippen LogP contribution in [0.1, 0.15) is 50.2 Å². The Bertz CT molecular complexity index is 1300. The fourth-order valence-electron chi connectivity index (χ4n) is 7.34. The van der Waals surface area contributed by atoms with E-state index < -0.39 is 18.2 Å². The van der Waals surface area contributed by atoms with E-state index in [0.29, 0.717) is 49.3 Å². The summed E-state index contributed by atoms with van der Waals surface area (Å²) in [5.74, 6) is 0.554. The molecule has 5 atom stereocenters. The Kier molecular flexibility index (Phi) is 8.31. The Morgan fingerprint density at radius 2 is 2.10 bits per heavy atom. The molecule has 2 fully saturated rings. The third-order valence-electron chi connectivity index (χ3n) is 9.27. The molecule has 1 aromatic rings. The van der Waals surface area contributed by atoms with Crippen molar-refractivity contribution in [3.05, 3.63) is 23.3 Å². The van der Waals surface area contributed by atoms with Crippen LogP contribution in [0.15, 0.2) is 17.1 Å². The second-order valence-electron chi connectivity index (χ2n) is 11.9. The van der Waals surface area contributed by atoms with Gasteiger partial charge in [0, 0.05) is 57.0 Å². The quantitative estimate of drug-likeness (QED) is 0.168. The van der Waals surface area contributed by atoms with Crippen molar-refractivity contribution in [2.75, 3.05) is 40.3 Å². The number of rotatable bonds is 10. The topological polar surface area (TPSA) is 182 Å². The number of likely N-dealkylation sites (tertiary alicyclic amines) is 1. The van der Waals surface area contributed by atoms with Gasteiger partial charge in [-0.25, -0.2) is 4.79 Å². The normalized spacial score (nSPS) is 25.9. The van der Waals surface area contributed by atoms with E-state index in [9.17, 15) is 19.2 Å². The molecule has 4 aliphatic rings. The molecule has 2 bridgehead atoms. The maximum absolute atomic E-state index is 13.1. The van der Waals surface area contributed by atoms with E-state index in [1.54, 1.807) is 13.1 Å². The van der Waals surface area contributed by atoms with Gasteiger partial charge in [-0.15, -0.1) is 0 Å². The van der Waals surface area contributed by atoms with Crippen molar-refractivity contribution in [2.24, 2.45) is 22.4 Å². The molecule has 2 heterocycles. The molecule has 5 rings (SSSR count). The third-order valence-corrected chi connectivity index (χ3v) is 9.27. The monoisotopic (exact) mass is 583 g/mol. The number of nitrogens with zero attached hydrogens (tertiary/aromatic N) is 3. The molecule has 0 unspecified atom stereocenters. The van der Waals surface area contributed by atoms with Crippen LogP contribution in [0, 0.1) is 5.92 Å². The Labute approximate surface area is 245 Å². The lowest BCUT2D eigenvalue weighted by atomic mass is 9.52. The van der Waals surface area contributed by atoms with Crippen molar-refractivity contribution in [2.45, 2.75) is 69.1 Å². The zero-order chi connectivity index (χ0) is 30.2. The molecule has 13 heteroatoms. The van der Waals surface area contributed by atoms with Crippen LogP contribution in [0.25, 0.3) is 0 Å². The van der Waals surface area contributed by atoms with E-state index in [-0.39, 0.29) is 42.1 Å². The maximum Gasteiger partial charge on any atom is 0.415 e. The molecule has 2 aliphatic heterocycles. The Hall–Kier alpha value is -3.87. The summed E-state index contributed by atoms with van der Waals surface area (Å²) in [5, 5.41) is 5.39. The summed E-state index contributed by atoms with van der Waals surface area (Å²) in [6, 6.07) is 3.39. The number of benzene rings is 1. The highest BCUT2D eigenvalue weighted by molar-refractivity contribution is 5.89. The first-order valence-electron chi connectivity index (χ1n) is 14.6. The number of piperidine rings is 1. The van der Waals surface area contributed by atoms with Crippen molar-refractivity contribution in [1.29, 1.82) is 0 Å². The number of aliphatic imine (C=N–C) groups is 1. The van der Waals surface area contributed by atoms with Gasteiger partial charge in [0.15, 0.2) is 29.3 Å². The molecule has 3 amide bonds. The second kappa shape index (κ2) is 11.8. The molecular weight excluding hydrogens is 542 g/mol. The van der Waals surface area contributed by atoms with Crippen molar-refractivity contribution in [1.82, 2.24) is 20.4 Å². The van der Waals surface area contributed by atoms with Crippen LogP contribution in [0.2, 0.25) is 0 Å². The first-order chi connectivity index (χ1) is 20.0. The molecule has 1 saturated carbocycles. The molecule has 0 aromatic heterocycles. The minimum Gasteiger partial charge on any atom is -0.477 e. The van der Waals surface area contributed by atoms with Gasteiger partial charge in [-0.2, -0.15) is 0 Å². The molecule has 6 N–H and O–H groups in total. The molecule has 228 valence electrons. The Morgan fingerprint density at radius 3 is 2.83 bits per heavy atom. The number of hydrogen-bond acceptors (Lipinski definition) is 8. The van der Waals surface area contributed by atoms with Crippen molar-refractivity contribution >= 4 is 29.7 Å². The number of nitrogens with two attached hydrogens (primary N) is 2. The third kappa shape index (κ3) is 5.37. The minimum absolute atomic E-state index is 0.0349. The smallest absolute Gasteiger partial charge is 0.415 e. The summed E-state index contributed by atoms with van der Waals surface area (Å²) < 4.78 is 12.2. The highest BCUT2D eigenvalue weighted by Gasteiger charge is 2.65. The van der Waals surface area contributed by atoms with Gasteiger partial charge in [-0.3, -0.25) is 19.4 Å². The van der Waals surface area contributed by atoms with Crippen molar-refractivity contribution in [3.8, 4) is 11.5 Å². The average Bonchev–Trinajstić information content (AvgIpc) is 3.30. The fourth-order valence-corrected chi connectivity index (χ4v) is 7.34. The van der Waals surface area contributed by atoms with Gasteiger partial charge in [-0.1, -0.05) is 6.07 Å². The summed E-state index contributed by atoms with van der Waals surface area (Å²) in [7, 11) is 3.74. The maximum atomic E-state index is 13.1. The average molecular weight is 584 g/mol. The van der Waals surface area contributed by atoms with Crippen LogP contribution in [0.4, 0.5) is 4.79 Å². The number of Topliss-reactive ketones (excluding diaryl/α,β-unsaturated/α-hetero) is 1. The standard InChI is InChI=1S/C29H41N7O6/c1-16(37)34-19(5-4-11-33-27(30)31)26(39)32-12-14-36(3)28(40)41-22-9-6-17-15-20-18-7-8-21(38)25-29(18,10-13-35(20)2)23(17)24(22)42-25/h6,9,18-20,25H,4-5,7-8,10-15H2,1-3H3,(H,32,39)(H,34,37)(H4,30,31,33)/t18-,19+,20+,25-,29-/m0/s1. The van der Waals surface area contributed by atoms with E-state index in [0.717, 1.165) is 36.9 Å². The lowest BCUT2D eigenvalue weighted by molar-refractivity contribution is -0.138. The summed E-state index contributed by atoms with van der Waals surface area (Å²) in [6.07, 6.45) is 2.79. The van der Waals surface area contributed by atoms with Gasteiger partial charge in [0.1, 0.15) is 6.04 Å². The van der Waals surface area contributed by atoms with Crippen LogP contribution < -0.4 is 31.6 Å². The first kappa shape index (κ1) is 29.6. The number of likely N-dealkylation sites (N-methyl/N-ethyl adjacent to an activating group) is 2. The van der Waals surface area contributed by atoms with Crippen molar-refractivity contribution in [3.63, 3.8) is 0 Å². The SMILES string of the molecule is CC(=O)N[C@H](CCCN=C(N)N)C(=O)NCCN(C)C(=O)Oc1ccc2c3c1O[C@H]1C(=O)CC[C@H]4[C@@H](C2)N(C)CC[C@]314. The number of carbonyl (C=O) groups is 4. The van der Waals surface area contributed by atoms with Crippen LogP contribution in [0.5, 0.6) is 11.5 Å². The number of carbonyl (C=O) groups excluding carboxylic acids is 4. The summed E-state index contributed by atoms with van der Waals surface area (Å²) >= 11 is 0. The highest BCUT2D eigenvalue weighted by Crippen LogP contribution is 2.63. The number of ether oxygens (including phenoxy) is 2. The van der Waals surface area contributed by atoms with Gasteiger partial charge < -0.3 is 41.4 Å².